The van der Waals surface area contributed by atoms with Crippen molar-refractivity contribution in [1.29, 1.82) is 0 Å². The van der Waals surface area contributed by atoms with Crippen molar-refractivity contribution >= 4 is 17.5 Å². The summed E-state index contributed by atoms with van der Waals surface area (Å²) >= 11 is 0. The van der Waals surface area contributed by atoms with Crippen LogP contribution in [0, 0.1) is 0 Å². The summed E-state index contributed by atoms with van der Waals surface area (Å²) in [5.74, 6) is -1.88. The van der Waals surface area contributed by atoms with Crippen molar-refractivity contribution in [2.75, 3.05) is 6.61 Å². The van der Waals surface area contributed by atoms with Gasteiger partial charge in [-0.25, -0.2) is 4.79 Å². The number of hydrogen-bond donors (Lipinski definition) is 0. The van der Waals surface area contributed by atoms with E-state index in [0.29, 0.717) is 0 Å². The molecule has 0 rings (SSSR count). The first-order valence-corrected chi connectivity index (χ1v) is 3.69. The minimum atomic E-state index is -3.18. The second-order valence-corrected chi connectivity index (χ2v) is 2.08. The van der Waals surface area contributed by atoms with E-state index in [1.165, 1.54) is 6.92 Å². The van der Waals surface area contributed by atoms with Crippen LogP contribution in [-0.2, 0) is 19.2 Å². The molecule has 80 valence electrons. The minimum Gasteiger partial charge on any atom is -0.461 e. The molecule has 5 nitrogen and oxygen atoms in total. The molecule has 0 heterocycles. The maximum atomic E-state index is 11.5. The third kappa shape index (κ3) is 4.48. The lowest BCUT2D eigenvalue weighted by atomic mass is 10.3. The molecule has 0 amide bonds. The first kappa shape index (κ1) is 12.5. The summed E-state index contributed by atoms with van der Waals surface area (Å²) in [7, 11) is 0. The fourth-order valence-electron chi connectivity index (χ4n) is 0.537. The van der Waals surface area contributed by atoms with Crippen LogP contribution >= 0.6 is 0 Å². The molecule has 0 radical (unpaired) electrons. The van der Waals surface area contributed by atoms with Crippen LogP contribution in [0.15, 0.2) is 5.16 Å². The Hall–Kier alpha value is -1.53. The molecule has 0 unspecified atom stereocenters. The molecule has 0 aromatic carbocycles. The van der Waals surface area contributed by atoms with E-state index < -0.39 is 24.1 Å². The first-order valence-electron chi connectivity index (χ1n) is 3.69. The normalized spacial score (nSPS) is 11.4. The van der Waals surface area contributed by atoms with Gasteiger partial charge in [-0.2, -0.15) is 8.78 Å². The van der Waals surface area contributed by atoms with Gasteiger partial charge >= 0.3 is 12.6 Å². The number of ketones is 1. The number of oxime groups is 1. The highest BCUT2D eigenvalue weighted by atomic mass is 19.3. The molecule has 0 atom stereocenters. The van der Waals surface area contributed by atoms with E-state index in [2.05, 4.69) is 14.7 Å². The third-order valence-corrected chi connectivity index (χ3v) is 1.03. The quantitative estimate of drug-likeness (QED) is 0.290. The second-order valence-electron chi connectivity index (χ2n) is 2.08. The van der Waals surface area contributed by atoms with Crippen molar-refractivity contribution in [3.63, 3.8) is 0 Å². The van der Waals surface area contributed by atoms with Crippen LogP contribution < -0.4 is 0 Å². The van der Waals surface area contributed by atoms with E-state index in [1.54, 1.807) is 0 Å². The molecule has 0 aromatic rings. The topological polar surface area (TPSA) is 65.0 Å². The first-order chi connectivity index (χ1) is 6.49. The Morgan fingerprint density at radius 2 is 2.00 bits per heavy atom. The third-order valence-electron chi connectivity index (χ3n) is 1.03. The Labute approximate surface area is 78.7 Å². The largest absolute Gasteiger partial charge is 0.461 e. The monoisotopic (exact) mass is 209 g/mol. The molecule has 0 spiro atoms. The highest BCUT2D eigenvalue weighted by Crippen LogP contribution is 1.97. The number of nitrogens with zero attached hydrogens (tertiary/aromatic N) is 1. The average Bonchev–Trinajstić information content (AvgIpc) is 2.03. The van der Waals surface area contributed by atoms with Gasteiger partial charge < -0.3 is 9.57 Å². The van der Waals surface area contributed by atoms with Crippen molar-refractivity contribution in [3.8, 4) is 0 Å². The van der Waals surface area contributed by atoms with Crippen LogP contribution in [0.2, 0.25) is 0 Å². The van der Waals surface area contributed by atoms with Crippen molar-refractivity contribution in [2.45, 2.75) is 20.5 Å². The molecule has 0 saturated heterocycles. The van der Waals surface area contributed by atoms with Crippen LogP contribution in [0.25, 0.3) is 0 Å². The molecule has 0 aliphatic carbocycles. The molecule has 7 heteroatoms. The molecular weight excluding hydrogens is 200 g/mol. The zero-order valence-corrected chi connectivity index (χ0v) is 7.62. The summed E-state index contributed by atoms with van der Waals surface area (Å²) in [5, 5.41) is 2.68. The van der Waals surface area contributed by atoms with Crippen molar-refractivity contribution in [2.24, 2.45) is 5.16 Å². The number of carbonyl (C=O) groups is 2. The van der Waals surface area contributed by atoms with Gasteiger partial charge in [0, 0.05) is 6.92 Å². The zero-order valence-electron chi connectivity index (χ0n) is 7.62. The van der Waals surface area contributed by atoms with Crippen LogP contribution in [0.3, 0.4) is 0 Å². The Balaban J connectivity index is 4.51. The van der Waals surface area contributed by atoms with Gasteiger partial charge in [0.2, 0.25) is 5.71 Å². The summed E-state index contributed by atoms with van der Waals surface area (Å²) < 4.78 is 27.4. The van der Waals surface area contributed by atoms with E-state index in [4.69, 9.17) is 0 Å². The van der Waals surface area contributed by atoms with E-state index in [0.717, 1.165) is 6.92 Å². The molecule has 0 bridgehead atoms. The number of rotatable bonds is 5. The summed E-state index contributed by atoms with van der Waals surface area (Å²) in [4.78, 5) is 25.1. The van der Waals surface area contributed by atoms with Gasteiger partial charge in [0.05, 0.1) is 6.61 Å². The molecule has 0 aliphatic rings. The second kappa shape index (κ2) is 6.01. The standard InChI is InChI=1S/C7H9F2NO4/c1-3-13-6(12)5(4(2)11)10-14-7(8)9/h7H,3H2,1-2H3/b10-5+. The van der Waals surface area contributed by atoms with Gasteiger partial charge in [-0.1, -0.05) is 5.16 Å². The molecule has 14 heavy (non-hydrogen) atoms. The van der Waals surface area contributed by atoms with Gasteiger partial charge in [-0.15, -0.1) is 0 Å². The Morgan fingerprint density at radius 3 is 2.36 bits per heavy atom. The fourth-order valence-corrected chi connectivity index (χ4v) is 0.537. The molecule has 0 saturated carbocycles. The lowest BCUT2D eigenvalue weighted by Gasteiger charge is -2.01. The fraction of sp³-hybridized carbons (Fsp3) is 0.571. The number of hydrogen-bond acceptors (Lipinski definition) is 5. The maximum absolute atomic E-state index is 11.5. The number of esters is 1. The van der Waals surface area contributed by atoms with E-state index in [9.17, 15) is 18.4 Å². The predicted octanol–water partition coefficient (Wildman–Crippen LogP) is 0.734. The Morgan fingerprint density at radius 1 is 1.43 bits per heavy atom. The number of Topliss-reactive ketones (excluding diaryl/α,β-unsaturated/α-hetero) is 1. The van der Waals surface area contributed by atoms with Crippen LogP contribution in [0.5, 0.6) is 0 Å². The van der Waals surface area contributed by atoms with E-state index in [1.807, 2.05) is 0 Å². The number of carbonyl (C=O) groups excluding carboxylic acids is 2. The van der Waals surface area contributed by atoms with Crippen LogP contribution in [-0.4, -0.2) is 30.7 Å². The van der Waals surface area contributed by atoms with Gasteiger partial charge in [-0.05, 0) is 6.92 Å². The molecule has 0 N–H and O–H groups in total. The zero-order chi connectivity index (χ0) is 11.1. The van der Waals surface area contributed by atoms with Gasteiger partial charge in [0.25, 0.3) is 0 Å². The highest BCUT2D eigenvalue weighted by molar-refractivity contribution is 6.63. The van der Waals surface area contributed by atoms with Gasteiger partial charge in [0.1, 0.15) is 0 Å². The van der Waals surface area contributed by atoms with E-state index in [-0.39, 0.29) is 6.61 Å². The number of alkyl halides is 2. The van der Waals surface area contributed by atoms with Crippen molar-refractivity contribution in [3.05, 3.63) is 0 Å². The highest BCUT2D eigenvalue weighted by Gasteiger charge is 2.19. The Kier molecular flexibility index (Phi) is 5.35. The molecule has 0 fully saturated rings. The smallest absolute Gasteiger partial charge is 0.407 e. The maximum Gasteiger partial charge on any atom is 0.407 e. The minimum absolute atomic E-state index is 0.0137. The van der Waals surface area contributed by atoms with Crippen LogP contribution in [0.1, 0.15) is 13.8 Å². The predicted molar refractivity (Wildman–Crippen MR) is 41.8 cm³/mol. The lowest BCUT2D eigenvalue weighted by molar-refractivity contribution is -0.139. The van der Waals surface area contributed by atoms with Crippen molar-refractivity contribution < 1.29 is 27.9 Å². The Bertz CT molecular complexity index is 252. The SMILES string of the molecule is CCOC(=O)/C(=N/OC(F)F)C(C)=O. The van der Waals surface area contributed by atoms with Crippen LogP contribution in [0.4, 0.5) is 8.78 Å². The average molecular weight is 209 g/mol. The molecular formula is C7H9F2NO4. The van der Waals surface area contributed by atoms with Gasteiger partial charge in [0.15, 0.2) is 5.78 Å². The number of ether oxygens (including phenoxy) is 1. The summed E-state index contributed by atoms with van der Waals surface area (Å²) in [6.45, 7) is -0.674. The molecule has 0 aliphatic heterocycles. The number of halogens is 2. The molecule has 0 aromatic heterocycles. The lowest BCUT2D eigenvalue weighted by Crippen LogP contribution is -2.25. The summed E-state index contributed by atoms with van der Waals surface area (Å²) in [6.07, 6.45) is 0. The van der Waals surface area contributed by atoms with E-state index >= 15 is 0 Å². The summed E-state index contributed by atoms with van der Waals surface area (Å²) in [5.41, 5.74) is -0.785. The van der Waals surface area contributed by atoms with Crippen molar-refractivity contribution in [1.82, 2.24) is 0 Å². The summed E-state index contributed by atoms with van der Waals surface area (Å²) in [6, 6.07) is 0. The van der Waals surface area contributed by atoms with Gasteiger partial charge in [-0.3, -0.25) is 4.79 Å².